The van der Waals surface area contributed by atoms with Crippen molar-refractivity contribution in [1.82, 2.24) is 0 Å². The number of rotatable bonds is 2. The van der Waals surface area contributed by atoms with Gasteiger partial charge in [0.15, 0.2) is 18.4 Å². The van der Waals surface area contributed by atoms with E-state index in [1.807, 2.05) is 12.1 Å². The Bertz CT molecular complexity index is 456. The van der Waals surface area contributed by atoms with E-state index in [4.69, 9.17) is 5.11 Å². The Morgan fingerprint density at radius 1 is 1.20 bits per heavy atom. The molecule has 0 spiro atoms. The van der Waals surface area contributed by atoms with E-state index < -0.39 is 0 Å². The van der Waals surface area contributed by atoms with Gasteiger partial charge in [-0.1, -0.05) is 18.2 Å². The van der Waals surface area contributed by atoms with Crippen LogP contribution in [0, 0.1) is 6.92 Å². The van der Waals surface area contributed by atoms with E-state index in [9.17, 15) is 0 Å². The zero-order valence-electron chi connectivity index (χ0n) is 8.65. The Morgan fingerprint density at radius 3 is 2.53 bits per heavy atom. The number of aromatic nitrogens is 1. The van der Waals surface area contributed by atoms with Crippen LogP contribution in [0.15, 0.2) is 36.5 Å². The lowest BCUT2D eigenvalue weighted by Crippen LogP contribution is -3.00. The first-order valence-electron chi connectivity index (χ1n) is 4.81. The van der Waals surface area contributed by atoms with Crippen molar-refractivity contribution in [3.8, 4) is 0 Å². The number of aryl methyl sites for hydroxylation is 1. The van der Waals surface area contributed by atoms with Crippen molar-refractivity contribution < 1.29 is 26.7 Å². The van der Waals surface area contributed by atoms with Gasteiger partial charge in [0.05, 0.1) is 0 Å². The van der Waals surface area contributed by atoms with Gasteiger partial charge in [0.1, 0.15) is 6.61 Å². The van der Waals surface area contributed by atoms with E-state index in [1.165, 1.54) is 16.5 Å². The van der Waals surface area contributed by atoms with Gasteiger partial charge in [-0.25, -0.2) is 0 Å². The Morgan fingerprint density at radius 2 is 1.87 bits per heavy atom. The number of pyridine rings is 1. The molecule has 80 valence electrons. The van der Waals surface area contributed by atoms with Crippen molar-refractivity contribution in [3.63, 3.8) is 0 Å². The lowest BCUT2D eigenvalue weighted by Gasteiger charge is -2.01. The van der Waals surface area contributed by atoms with Gasteiger partial charge in [0.25, 0.3) is 0 Å². The highest BCUT2D eigenvalue weighted by Gasteiger charge is 2.06. The summed E-state index contributed by atoms with van der Waals surface area (Å²) in [5, 5.41) is 11.4. The smallest absolute Gasteiger partial charge is 0.178 e. The highest BCUT2D eigenvalue weighted by molar-refractivity contribution is 5.80. The molecular weight excluding hydrogens is 254 g/mol. The number of aliphatic hydroxyl groups is 1. The first-order chi connectivity index (χ1) is 6.81. The van der Waals surface area contributed by atoms with E-state index in [0.29, 0.717) is 6.54 Å². The molecule has 3 heteroatoms. The maximum Gasteiger partial charge on any atom is 0.178 e. The zero-order valence-corrected chi connectivity index (χ0v) is 10.2. The molecule has 0 aliphatic carbocycles. The molecule has 1 N–H and O–H groups in total. The molecule has 2 nitrogen and oxygen atoms in total. The normalized spacial score (nSPS) is 10.0. The summed E-state index contributed by atoms with van der Waals surface area (Å²) in [6.45, 7) is 2.91. The Labute approximate surface area is 99.9 Å². The maximum atomic E-state index is 8.90. The summed E-state index contributed by atoms with van der Waals surface area (Å²) in [5.74, 6) is 0. The molecule has 0 unspecified atom stereocenters. The molecule has 0 saturated carbocycles. The van der Waals surface area contributed by atoms with Gasteiger partial charge in [0.2, 0.25) is 0 Å². The van der Waals surface area contributed by atoms with E-state index in [2.05, 4.69) is 35.9 Å². The van der Waals surface area contributed by atoms with E-state index in [-0.39, 0.29) is 23.6 Å². The van der Waals surface area contributed by atoms with Crippen LogP contribution in [0.2, 0.25) is 0 Å². The molecule has 0 aliphatic heterocycles. The molecular formula is C12H14BrNO. The van der Waals surface area contributed by atoms with Gasteiger partial charge in [-0.05, 0) is 11.5 Å². The minimum absolute atomic E-state index is 0. The molecule has 1 heterocycles. The van der Waals surface area contributed by atoms with Gasteiger partial charge in [-0.3, -0.25) is 0 Å². The van der Waals surface area contributed by atoms with Crippen LogP contribution in [0.5, 0.6) is 0 Å². The third-order valence-corrected chi connectivity index (χ3v) is 2.45. The van der Waals surface area contributed by atoms with Gasteiger partial charge in [-0.2, -0.15) is 4.57 Å². The molecule has 0 bridgehead atoms. The van der Waals surface area contributed by atoms with Gasteiger partial charge < -0.3 is 22.1 Å². The number of nitrogens with zero attached hydrogens (tertiary/aromatic N) is 1. The van der Waals surface area contributed by atoms with E-state index >= 15 is 0 Å². The van der Waals surface area contributed by atoms with Crippen molar-refractivity contribution in [1.29, 1.82) is 0 Å². The molecule has 0 atom stereocenters. The third kappa shape index (κ3) is 2.55. The second-order valence-electron chi connectivity index (χ2n) is 3.46. The number of hydrogen-bond acceptors (Lipinski definition) is 1. The van der Waals surface area contributed by atoms with E-state index in [0.717, 1.165) is 0 Å². The fourth-order valence-corrected chi connectivity index (χ4v) is 1.69. The highest BCUT2D eigenvalue weighted by atomic mass is 79.9. The van der Waals surface area contributed by atoms with Crippen molar-refractivity contribution in [2.45, 2.75) is 13.5 Å². The summed E-state index contributed by atoms with van der Waals surface area (Å²) in [7, 11) is 0. The summed E-state index contributed by atoms with van der Waals surface area (Å²) in [5.41, 5.74) is 1.18. The average molecular weight is 268 g/mol. The average Bonchev–Trinajstić information content (AvgIpc) is 2.19. The SMILES string of the molecule is Cc1cc2ccccc2c[n+]1CCO.[Br-]. The first kappa shape index (κ1) is 12.1. The van der Waals surface area contributed by atoms with Crippen LogP contribution in [0.25, 0.3) is 10.8 Å². The molecule has 0 fully saturated rings. The third-order valence-electron chi connectivity index (χ3n) is 2.45. The minimum Gasteiger partial charge on any atom is -1.00 e. The summed E-state index contributed by atoms with van der Waals surface area (Å²) in [6.07, 6.45) is 2.08. The van der Waals surface area contributed by atoms with Crippen molar-refractivity contribution in [2.24, 2.45) is 0 Å². The van der Waals surface area contributed by atoms with Crippen LogP contribution in [0.3, 0.4) is 0 Å². The zero-order chi connectivity index (χ0) is 9.97. The van der Waals surface area contributed by atoms with Crippen molar-refractivity contribution >= 4 is 10.8 Å². The van der Waals surface area contributed by atoms with Gasteiger partial charge in [0, 0.05) is 18.4 Å². The summed E-state index contributed by atoms with van der Waals surface area (Å²) in [4.78, 5) is 0. The Balaban J connectivity index is 0.00000112. The highest BCUT2D eigenvalue weighted by Crippen LogP contribution is 2.11. The number of aliphatic hydroxyl groups excluding tert-OH is 1. The maximum absolute atomic E-state index is 8.90. The summed E-state index contributed by atoms with van der Waals surface area (Å²) >= 11 is 0. The fraction of sp³-hybridized carbons (Fsp3) is 0.250. The van der Waals surface area contributed by atoms with Crippen LogP contribution >= 0.6 is 0 Å². The standard InChI is InChI=1S/C12H14NO.BrH/c1-10-8-11-4-2-3-5-12(11)9-13(10)6-7-14;/h2-5,8-9,14H,6-7H2,1H3;1H/q+1;/p-1. The predicted octanol–water partition coefficient (Wildman–Crippen LogP) is -1.57. The monoisotopic (exact) mass is 267 g/mol. The number of halogens is 1. The number of hydrogen-bond donors (Lipinski definition) is 1. The van der Waals surface area contributed by atoms with Crippen LogP contribution in [0.1, 0.15) is 5.69 Å². The molecule has 1 aromatic carbocycles. The minimum atomic E-state index is 0. The van der Waals surface area contributed by atoms with Crippen LogP contribution in [0.4, 0.5) is 0 Å². The first-order valence-corrected chi connectivity index (χ1v) is 4.81. The van der Waals surface area contributed by atoms with E-state index in [1.54, 1.807) is 0 Å². The predicted molar refractivity (Wildman–Crippen MR) is 56.0 cm³/mol. The molecule has 2 rings (SSSR count). The molecule has 0 saturated heterocycles. The fourth-order valence-electron chi connectivity index (χ4n) is 1.69. The Kier molecular flexibility index (Phi) is 4.24. The largest absolute Gasteiger partial charge is 1.00 e. The molecule has 2 aromatic rings. The van der Waals surface area contributed by atoms with Gasteiger partial charge in [-0.15, -0.1) is 0 Å². The van der Waals surface area contributed by atoms with Crippen LogP contribution in [-0.4, -0.2) is 11.7 Å². The summed E-state index contributed by atoms with van der Waals surface area (Å²) in [6, 6.07) is 10.4. The topological polar surface area (TPSA) is 24.1 Å². The number of benzene rings is 1. The molecule has 0 radical (unpaired) electrons. The lowest BCUT2D eigenvalue weighted by atomic mass is 10.1. The second-order valence-corrected chi connectivity index (χ2v) is 3.46. The van der Waals surface area contributed by atoms with Crippen molar-refractivity contribution in [2.75, 3.05) is 6.61 Å². The summed E-state index contributed by atoms with van der Waals surface area (Å²) < 4.78 is 2.07. The van der Waals surface area contributed by atoms with Crippen molar-refractivity contribution in [3.05, 3.63) is 42.2 Å². The van der Waals surface area contributed by atoms with Gasteiger partial charge >= 0.3 is 0 Å². The Hall–Kier alpha value is -0.930. The lowest BCUT2D eigenvalue weighted by molar-refractivity contribution is -0.702. The second kappa shape index (κ2) is 5.24. The molecule has 0 aliphatic rings. The van der Waals surface area contributed by atoms with Crippen LogP contribution < -0.4 is 21.5 Å². The molecule has 15 heavy (non-hydrogen) atoms. The molecule has 1 aromatic heterocycles. The molecule has 0 amide bonds. The van der Waals surface area contributed by atoms with Crippen LogP contribution in [-0.2, 0) is 6.54 Å². The quantitative estimate of drug-likeness (QED) is 0.654. The number of fused-ring (bicyclic) bond motifs is 1.